The molecule has 0 aliphatic rings. The lowest BCUT2D eigenvalue weighted by Gasteiger charge is -2.08. The minimum absolute atomic E-state index is 0.0300. The molecule has 1 aromatic carbocycles. The van der Waals surface area contributed by atoms with Crippen LogP contribution in [0.25, 0.3) is 0 Å². The number of amides is 1. The van der Waals surface area contributed by atoms with E-state index in [2.05, 4.69) is 5.32 Å². The molecule has 1 rings (SSSR count). The second kappa shape index (κ2) is 7.68. The summed E-state index contributed by atoms with van der Waals surface area (Å²) in [5, 5.41) is 12.0. The zero-order valence-electron chi connectivity index (χ0n) is 10.7. The molecular weight excluding hydrogens is 234 g/mol. The second-order valence-electron chi connectivity index (χ2n) is 3.88. The first-order chi connectivity index (χ1) is 8.63. The minimum Gasteiger partial charge on any atom is -0.484 e. The number of hydrogen-bond acceptors (Lipinski definition) is 4. The molecule has 0 saturated heterocycles. The van der Waals surface area contributed by atoms with Gasteiger partial charge in [-0.2, -0.15) is 0 Å². The third kappa shape index (κ3) is 5.16. The molecule has 0 aliphatic heterocycles. The van der Waals surface area contributed by atoms with Crippen LogP contribution in [0.5, 0.6) is 5.75 Å². The standard InChI is InChI=1S/C13H19NO4/c1-10(15)11-3-5-12(6-4-11)18-9-13(16)14-7-8-17-2/h3-6,10,15H,7-9H2,1-2H3,(H,14,16). The van der Waals surface area contributed by atoms with E-state index in [1.54, 1.807) is 38.3 Å². The Balaban J connectivity index is 2.32. The highest BCUT2D eigenvalue weighted by Crippen LogP contribution is 2.16. The van der Waals surface area contributed by atoms with Gasteiger partial charge in [0.15, 0.2) is 6.61 Å². The van der Waals surface area contributed by atoms with Crippen molar-refractivity contribution in [3.8, 4) is 5.75 Å². The van der Waals surface area contributed by atoms with E-state index in [4.69, 9.17) is 9.47 Å². The number of rotatable bonds is 7. The topological polar surface area (TPSA) is 67.8 Å². The summed E-state index contributed by atoms with van der Waals surface area (Å²) in [7, 11) is 1.58. The predicted molar refractivity (Wildman–Crippen MR) is 67.5 cm³/mol. The van der Waals surface area contributed by atoms with Gasteiger partial charge >= 0.3 is 0 Å². The van der Waals surface area contributed by atoms with Crippen molar-refractivity contribution in [1.29, 1.82) is 0 Å². The third-order valence-corrected chi connectivity index (χ3v) is 2.36. The van der Waals surface area contributed by atoms with Crippen LogP contribution in [-0.2, 0) is 9.53 Å². The average molecular weight is 253 g/mol. The molecule has 0 bridgehead atoms. The minimum atomic E-state index is -0.503. The number of nitrogens with one attached hydrogen (secondary N) is 1. The van der Waals surface area contributed by atoms with Crippen LogP contribution >= 0.6 is 0 Å². The van der Waals surface area contributed by atoms with E-state index in [0.29, 0.717) is 18.9 Å². The molecule has 0 radical (unpaired) electrons. The number of aliphatic hydroxyl groups is 1. The molecule has 5 heteroatoms. The molecule has 0 saturated carbocycles. The van der Waals surface area contributed by atoms with E-state index in [1.807, 2.05) is 0 Å². The largest absolute Gasteiger partial charge is 0.484 e. The number of hydrogen-bond donors (Lipinski definition) is 2. The summed E-state index contributed by atoms with van der Waals surface area (Å²) in [6, 6.07) is 6.99. The Hall–Kier alpha value is -1.59. The Morgan fingerprint density at radius 1 is 1.39 bits per heavy atom. The maximum Gasteiger partial charge on any atom is 0.258 e. The molecule has 0 spiro atoms. The number of carbonyl (C=O) groups excluding carboxylic acids is 1. The van der Waals surface area contributed by atoms with Gasteiger partial charge in [-0.15, -0.1) is 0 Å². The van der Waals surface area contributed by atoms with Crippen molar-refractivity contribution in [1.82, 2.24) is 5.32 Å². The van der Waals surface area contributed by atoms with Crippen molar-refractivity contribution < 1.29 is 19.4 Å². The summed E-state index contributed by atoms with van der Waals surface area (Å²) in [4.78, 5) is 11.3. The van der Waals surface area contributed by atoms with Gasteiger partial charge in [0.05, 0.1) is 12.7 Å². The van der Waals surface area contributed by atoms with Crippen molar-refractivity contribution in [2.75, 3.05) is 26.9 Å². The van der Waals surface area contributed by atoms with Crippen LogP contribution in [-0.4, -0.2) is 37.9 Å². The summed E-state index contributed by atoms with van der Waals surface area (Å²) >= 11 is 0. The van der Waals surface area contributed by atoms with Crippen molar-refractivity contribution >= 4 is 5.91 Å². The third-order valence-electron chi connectivity index (χ3n) is 2.36. The molecule has 18 heavy (non-hydrogen) atoms. The Morgan fingerprint density at radius 3 is 2.61 bits per heavy atom. The van der Waals surface area contributed by atoms with Crippen molar-refractivity contribution in [3.05, 3.63) is 29.8 Å². The average Bonchev–Trinajstić information content (AvgIpc) is 2.37. The molecule has 2 N–H and O–H groups in total. The van der Waals surface area contributed by atoms with Gasteiger partial charge in [0.25, 0.3) is 5.91 Å². The number of ether oxygens (including phenoxy) is 2. The lowest BCUT2D eigenvalue weighted by Crippen LogP contribution is -2.31. The molecule has 0 aliphatic carbocycles. The van der Waals surface area contributed by atoms with Crippen molar-refractivity contribution in [2.45, 2.75) is 13.0 Å². The first kappa shape index (κ1) is 14.5. The summed E-state index contributed by atoms with van der Waals surface area (Å²) in [5.41, 5.74) is 0.812. The summed E-state index contributed by atoms with van der Waals surface area (Å²) in [6.45, 7) is 2.62. The van der Waals surface area contributed by atoms with Gasteiger partial charge in [-0.3, -0.25) is 4.79 Å². The fourth-order valence-electron chi connectivity index (χ4n) is 1.33. The summed E-state index contributed by atoms with van der Waals surface area (Å²) in [6.07, 6.45) is -0.503. The maximum absolute atomic E-state index is 11.3. The van der Waals surface area contributed by atoms with Crippen molar-refractivity contribution in [2.24, 2.45) is 0 Å². The van der Waals surface area contributed by atoms with Gasteiger partial charge in [0, 0.05) is 13.7 Å². The molecule has 0 fully saturated rings. The summed E-state index contributed by atoms with van der Waals surface area (Å²) < 4.78 is 10.1. The summed E-state index contributed by atoms with van der Waals surface area (Å²) in [5.74, 6) is 0.410. The van der Waals surface area contributed by atoms with Gasteiger partial charge in [0.1, 0.15) is 5.75 Å². The van der Waals surface area contributed by atoms with Crippen LogP contribution in [0.1, 0.15) is 18.6 Å². The quantitative estimate of drug-likeness (QED) is 0.708. The molecule has 1 atom stereocenters. The zero-order valence-corrected chi connectivity index (χ0v) is 10.7. The van der Waals surface area contributed by atoms with Crippen LogP contribution in [0.4, 0.5) is 0 Å². The number of carbonyl (C=O) groups is 1. The van der Waals surface area contributed by atoms with E-state index in [9.17, 15) is 9.90 Å². The fraction of sp³-hybridized carbons (Fsp3) is 0.462. The Kier molecular flexibility index (Phi) is 6.18. The predicted octanol–water partition coefficient (Wildman–Crippen LogP) is 0.881. The van der Waals surface area contributed by atoms with Crippen molar-refractivity contribution in [3.63, 3.8) is 0 Å². The van der Waals surface area contributed by atoms with E-state index in [1.165, 1.54) is 0 Å². The second-order valence-corrected chi connectivity index (χ2v) is 3.88. The molecule has 1 unspecified atom stereocenters. The van der Waals surface area contributed by atoms with Crippen LogP contribution in [0, 0.1) is 0 Å². The Bertz CT molecular complexity index is 362. The maximum atomic E-state index is 11.3. The molecule has 0 heterocycles. The van der Waals surface area contributed by atoms with E-state index in [0.717, 1.165) is 5.56 Å². The molecule has 100 valence electrons. The molecular formula is C13H19NO4. The molecule has 0 aromatic heterocycles. The number of benzene rings is 1. The number of aliphatic hydroxyl groups excluding tert-OH is 1. The highest BCUT2D eigenvalue weighted by Gasteiger charge is 2.03. The van der Waals surface area contributed by atoms with E-state index < -0.39 is 6.10 Å². The van der Waals surface area contributed by atoms with Crippen LogP contribution in [0.15, 0.2) is 24.3 Å². The monoisotopic (exact) mass is 253 g/mol. The van der Waals surface area contributed by atoms with Crippen LogP contribution in [0.2, 0.25) is 0 Å². The van der Waals surface area contributed by atoms with Crippen LogP contribution < -0.4 is 10.1 Å². The first-order valence-corrected chi connectivity index (χ1v) is 5.80. The number of methoxy groups -OCH3 is 1. The van der Waals surface area contributed by atoms with Gasteiger partial charge < -0.3 is 19.9 Å². The highest BCUT2D eigenvalue weighted by molar-refractivity contribution is 5.77. The lowest BCUT2D eigenvalue weighted by molar-refractivity contribution is -0.123. The molecule has 5 nitrogen and oxygen atoms in total. The first-order valence-electron chi connectivity index (χ1n) is 5.80. The van der Waals surface area contributed by atoms with Gasteiger partial charge in [-0.1, -0.05) is 12.1 Å². The lowest BCUT2D eigenvalue weighted by atomic mass is 10.1. The fourth-order valence-corrected chi connectivity index (χ4v) is 1.33. The Labute approximate surface area is 107 Å². The van der Waals surface area contributed by atoms with Gasteiger partial charge in [-0.05, 0) is 24.6 Å². The normalized spacial score (nSPS) is 11.9. The highest BCUT2D eigenvalue weighted by atomic mass is 16.5. The van der Waals surface area contributed by atoms with Crippen LogP contribution in [0.3, 0.4) is 0 Å². The van der Waals surface area contributed by atoms with Gasteiger partial charge in [0.2, 0.25) is 0 Å². The molecule has 1 aromatic rings. The SMILES string of the molecule is COCCNC(=O)COc1ccc(C(C)O)cc1. The smallest absolute Gasteiger partial charge is 0.258 e. The van der Waals surface area contributed by atoms with Gasteiger partial charge in [-0.25, -0.2) is 0 Å². The van der Waals surface area contributed by atoms with E-state index >= 15 is 0 Å². The Morgan fingerprint density at radius 2 is 2.06 bits per heavy atom. The zero-order chi connectivity index (χ0) is 13.4. The molecule has 1 amide bonds. The van der Waals surface area contributed by atoms with E-state index in [-0.39, 0.29) is 12.5 Å².